The third kappa shape index (κ3) is 3.62. The smallest absolute Gasteiger partial charge is 0.244 e. The number of carbonyl (C=O) groups is 1. The lowest BCUT2D eigenvalue weighted by Crippen LogP contribution is -2.44. The summed E-state index contributed by atoms with van der Waals surface area (Å²) in [6.07, 6.45) is 6.71. The fraction of sp³-hybridized carbons (Fsp3) is 0.353. The van der Waals surface area contributed by atoms with Crippen LogP contribution in [0.3, 0.4) is 0 Å². The van der Waals surface area contributed by atoms with Crippen molar-refractivity contribution in [2.24, 2.45) is 0 Å². The second kappa shape index (κ2) is 6.95. The van der Waals surface area contributed by atoms with Crippen LogP contribution in [0, 0.1) is 6.92 Å². The number of benzene rings is 1. The Hall–Kier alpha value is -1.85. The van der Waals surface area contributed by atoms with Crippen molar-refractivity contribution in [3.8, 4) is 0 Å². The minimum Gasteiger partial charge on any atom is -0.340 e. The molecular formula is C17H17Cl2N3O2. The monoisotopic (exact) mass is 365 g/mol. The minimum atomic E-state index is -0.558. The minimum absolute atomic E-state index is 0.226. The summed E-state index contributed by atoms with van der Waals surface area (Å²) >= 11 is 12.1. The van der Waals surface area contributed by atoms with Crippen molar-refractivity contribution in [2.75, 3.05) is 0 Å². The quantitative estimate of drug-likeness (QED) is 0.820. The van der Waals surface area contributed by atoms with E-state index in [1.54, 1.807) is 31.2 Å². The Morgan fingerprint density at radius 1 is 1.33 bits per heavy atom. The fourth-order valence-electron chi connectivity index (χ4n) is 2.96. The average molecular weight is 366 g/mol. The molecule has 5 nitrogen and oxygen atoms in total. The van der Waals surface area contributed by atoms with Gasteiger partial charge in [-0.05, 0) is 42.7 Å². The molecule has 0 bridgehead atoms. The van der Waals surface area contributed by atoms with Crippen LogP contribution in [0.2, 0.25) is 10.0 Å². The van der Waals surface area contributed by atoms with Crippen molar-refractivity contribution in [1.29, 1.82) is 0 Å². The van der Waals surface area contributed by atoms with Gasteiger partial charge in [-0.25, -0.2) is 0 Å². The summed E-state index contributed by atoms with van der Waals surface area (Å²) in [7, 11) is 0. The number of hydrogen-bond donors (Lipinski definition) is 1. The molecule has 1 aromatic heterocycles. The number of halogens is 2. The number of nitrogens with one attached hydrogen (secondary N) is 1. The highest BCUT2D eigenvalue weighted by Crippen LogP contribution is 2.37. The highest BCUT2D eigenvalue weighted by Gasteiger charge is 2.40. The first-order valence-corrected chi connectivity index (χ1v) is 8.50. The lowest BCUT2D eigenvalue weighted by molar-refractivity contribution is -0.118. The third-order valence-corrected chi connectivity index (χ3v) is 4.73. The van der Waals surface area contributed by atoms with E-state index < -0.39 is 5.54 Å². The zero-order chi connectivity index (χ0) is 17.2. The molecule has 1 aliphatic rings. The maximum absolute atomic E-state index is 12.4. The van der Waals surface area contributed by atoms with Crippen molar-refractivity contribution in [3.63, 3.8) is 0 Å². The number of aromatic nitrogens is 2. The Morgan fingerprint density at radius 2 is 2.08 bits per heavy atom. The Kier molecular flexibility index (Phi) is 4.92. The molecule has 24 heavy (non-hydrogen) atoms. The first-order valence-electron chi connectivity index (χ1n) is 7.75. The maximum Gasteiger partial charge on any atom is 0.244 e. The summed E-state index contributed by atoms with van der Waals surface area (Å²) in [5, 5.41) is 8.14. The molecule has 1 N–H and O–H groups in total. The topological polar surface area (TPSA) is 68.0 Å². The van der Waals surface area contributed by atoms with Crippen LogP contribution in [-0.4, -0.2) is 16.0 Å². The summed E-state index contributed by atoms with van der Waals surface area (Å²) in [5.74, 6) is 0.808. The molecule has 1 saturated carbocycles. The molecular weight excluding hydrogens is 349 g/mol. The zero-order valence-electron chi connectivity index (χ0n) is 13.2. The summed E-state index contributed by atoms with van der Waals surface area (Å²) in [6, 6.07) is 5.11. The first kappa shape index (κ1) is 17.0. The predicted octanol–water partition coefficient (Wildman–Crippen LogP) is 4.28. The van der Waals surface area contributed by atoms with Crippen molar-refractivity contribution in [2.45, 2.75) is 38.1 Å². The molecule has 0 unspecified atom stereocenters. The molecule has 0 atom stereocenters. The van der Waals surface area contributed by atoms with Crippen molar-refractivity contribution in [3.05, 3.63) is 51.6 Å². The van der Waals surface area contributed by atoms with E-state index in [2.05, 4.69) is 15.5 Å². The van der Waals surface area contributed by atoms with Crippen LogP contribution >= 0.6 is 23.2 Å². The molecule has 7 heteroatoms. The zero-order valence-corrected chi connectivity index (χ0v) is 14.7. The van der Waals surface area contributed by atoms with Crippen LogP contribution < -0.4 is 5.32 Å². The number of hydrogen-bond acceptors (Lipinski definition) is 4. The summed E-state index contributed by atoms with van der Waals surface area (Å²) in [5.41, 5.74) is 0.132. The second-order valence-electron chi connectivity index (χ2n) is 5.91. The molecule has 3 rings (SSSR count). The van der Waals surface area contributed by atoms with Crippen molar-refractivity contribution in [1.82, 2.24) is 15.5 Å². The van der Waals surface area contributed by atoms with E-state index in [9.17, 15) is 4.79 Å². The highest BCUT2D eigenvalue weighted by molar-refractivity contribution is 6.34. The number of carbonyl (C=O) groups excluding carboxylic acids is 1. The molecule has 1 amide bonds. The van der Waals surface area contributed by atoms with Crippen LogP contribution in [0.25, 0.3) is 6.08 Å². The Morgan fingerprint density at radius 3 is 2.75 bits per heavy atom. The Labute approximate surface area is 150 Å². The molecule has 1 aromatic carbocycles. The van der Waals surface area contributed by atoms with Gasteiger partial charge in [-0.2, -0.15) is 4.98 Å². The van der Waals surface area contributed by atoms with Crippen LogP contribution in [0.15, 0.2) is 28.8 Å². The van der Waals surface area contributed by atoms with E-state index >= 15 is 0 Å². The van der Waals surface area contributed by atoms with Crippen molar-refractivity contribution < 1.29 is 9.32 Å². The van der Waals surface area contributed by atoms with Gasteiger partial charge in [-0.1, -0.05) is 41.2 Å². The summed E-state index contributed by atoms with van der Waals surface area (Å²) in [4.78, 5) is 16.7. The lowest BCUT2D eigenvalue weighted by atomic mass is 9.96. The van der Waals surface area contributed by atoms with Gasteiger partial charge in [0, 0.05) is 23.0 Å². The molecule has 1 heterocycles. The molecule has 126 valence electrons. The van der Waals surface area contributed by atoms with Gasteiger partial charge in [0.05, 0.1) is 0 Å². The van der Waals surface area contributed by atoms with E-state index in [1.807, 2.05) is 0 Å². The first-order chi connectivity index (χ1) is 11.5. The molecule has 0 saturated heterocycles. The van der Waals surface area contributed by atoms with E-state index in [4.69, 9.17) is 27.7 Å². The van der Waals surface area contributed by atoms with Gasteiger partial charge in [0.15, 0.2) is 5.82 Å². The Balaban J connectivity index is 1.77. The third-order valence-electron chi connectivity index (χ3n) is 4.15. The van der Waals surface area contributed by atoms with Crippen LogP contribution in [0.5, 0.6) is 0 Å². The van der Waals surface area contributed by atoms with E-state index in [0.717, 1.165) is 25.7 Å². The van der Waals surface area contributed by atoms with Gasteiger partial charge in [0.25, 0.3) is 0 Å². The SMILES string of the molecule is Cc1nc(C2(NC(=O)/C=C/c3cc(Cl)ccc3Cl)CCCC2)no1. The molecule has 1 aliphatic carbocycles. The second-order valence-corrected chi connectivity index (χ2v) is 6.76. The number of rotatable bonds is 4. The van der Waals surface area contributed by atoms with Gasteiger partial charge in [0.1, 0.15) is 5.54 Å². The Bertz CT molecular complexity index is 780. The van der Waals surface area contributed by atoms with Crippen molar-refractivity contribution >= 4 is 35.2 Å². The highest BCUT2D eigenvalue weighted by atomic mass is 35.5. The number of nitrogens with zero attached hydrogens (tertiary/aromatic N) is 2. The largest absolute Gasteiger partial charge is 0.340 e. The fourth-order valence-corrected chi connectivity index (χ4v) is 3.32. The molecule has 0 aliphatic heterocycles. The number of aryl methyl sites for hydroxylation is 1. The van der Waals surface area contributed by atoms with Gasteiger partial charge >= 0.3 is 0 Å². The van der Waals surface area contributed by atoms with Gasteiger partial charge in [-0.15, -0.1) is 0 Å². The van der Waals surface area contributed by atoms with Gasteiger partial charge in [-0.3, -0.25) is 4.79 Å². The molecule has 0 spiro atoms. The molecule has 1 fully saturated rings. The lowest BCUT2D eigenvalue weighted by Gasteiger charge is -2.25. The van der Waals surface area contributed by atoms with E-state index in [0.29, 0.717) is 27.3 Å². The average Bonchev–Trinajstić information content (AvgIpc) is 3.18. The molecule has 2 aromatic rings. The van der Waals surface area contributed by atoms with Gasteiger partial charge in [0.2, 0.25) is 11.8 Å². The van der Waals surface area contributed by atoms with Crippen LogP contribution in [0.1, 0.15) is 43.0 Å². The predicted molar refractivity (Wildman–Crippen MR) is 92.8 cm³/mol. The van der Waals surface area contributed by atoms with Gasteiger partial charge < -0.3 is 9.84 Å². The summed E-state index contributed by atoms with van der Waals surface area (Å²) in [6.45, 7) is 1.74. The standard InChI is InChI=1S/C17H17Cl2N3O2/c1-11-20-16(22-24-11)17(8-2-3-9-17)21-15(23)7-4-12-10-13(18)5-6-14(12)19/h4-7,10H,2-3,8-9H2,1H3,(H,21,23)/b7-4+. The number of amides is 1. The normalized spacial score (nSPS) is 16.6. The maximum atomic E-state index is 12.4. The van der Waals surface area contributed by atoms with E-state index in [-0.39, 0.29) is 5.91 Å². The van der Waals surface area contributed by atoms with E-state index in [1.165, 1.54) is 6.08 Å². The molecule has 0 radical (unpaired) electrons. The summed E-state index contributed by atoms with van der Waals surface area (Å²) < 4.78 is 5.08. The van der Waals surface area contributed by atoms with Crippen LogP contribution in [-0.2, 0) is 10.3 Å². The van der Waals surface area contributed by atoms with Crippen LogP contribution in [0.4, 0.5) is 0 Å².